The lowest BCUT2D eigenvalue weighted by molar-refractivity contribution is 0.301. The van der Waals surface area contributed by atoms with Gasteiger partial charge in [-0.25, -0.2) is 0 Å². The second kappa shape index (κ2) is 6.38. The molecule has 0 amide bonds. The van der Waals surface area contributed by atoms with Crippen LogP contribution in [-0.4, -0.2) is 12.0 Å². The first-order chi connectivity index (χ1) is 8.81. The normalized spacial score (nSPS) is 10.3. The van der Waals surface area contributed by atoms with Gasteiger partial charge >= 0.3 is 0 Å². The van der Waals surface area contributed by atoms with Gasteiger partial charge < -0.3 is 10.1 Å². The van der Waals surface area contributed by atoms with E-state index in [1.165, 1.54) is 0 Å². The molecule has 0 fully saturated rings. The van der Waals surface area contributed by atoms with Gasteiger partial charge in [-0.2, -0.15) is 0 Å². The quantitative estimate of drug-likeness (QED) is 0.899. The Morgan fingerprint density at radius 1 is 1.22 bits per heavy atom. The summed E-state index contributed by atoms with van der Waals surface area (Å²) >= 11 is 6.08. The molecule has 1 heterocycles. The summed E-state index contributed by atoms with van der Waals surface area (Å²) in [5.74, 6) is 0.784. The van der Waals surface area contributed by atoms with Gasteiger partial charge in [0, 0.05) is 28.9 Å². The predicted molar refractivity (Wildman–Crippen MR) is 72.8 cm³/mol. The molecule has 1 aromatic heterocycles. The van der Waals surface area contributed by atoms with Gasteiger partial charge in [0.1, 0.15) is 12.4 Å². The Morgan fingerprint density at radius 3 is 2.83 bits per heavy atom. The molecular weight excluding hydrogens is 248 g/mol. The third-order valence-electron chi connectivity index (χ3n) is 2.58. The molecule has 2 aromatic rings. The molecular formula is C14H15ClN2O. The van der Waals surface area contributed by atoms with Gasteiger partial charge in [0.15, 0.2) is 0 Å². The van der Waals surface area contributed by atoms with Gasteiger partial charge in [0.25, 0.3) is 0 Å². The number of aromatic nitrogens is 1. The van der Waals surface area contributed by atoms with Crippen LogP contribution in [0, 0.1) is 0 Å². The van der Waals surface area contributed by atoms with Gasteiger partial charge in [0.2, 0.25) is 0 Å². The standard InChI is InChI=1S/C14H15ClN2O/c1-16-8-11-6-7-17-9-14(11)18-10-12-4-2-3-5-13(12)15/h2-7,9,16H,8,10H2,1H3. The second-order valence-corrected chi connectivity index (χ2v) is 4.30. The first-order valence-corrected chi connectivity index (χ1v) is 6.12. The first kappa shape index (κ1) is 12.9. The van der Waals surface area contributed by atoms with Crippen LogP contribution in [0.4, 0.5) is 0 Å². The molecule has 0 saturated carbocycles. The van der Waals surface area contributed by atoms with E-state index in [-0.39, 0.29) is 0 Å². The Bertz CT molecular complexity index is 517. The molecule has 4 heteroatoms. The highest BCUT2D eigenvalue weighted by molar-refractivity contribution is 6.31. The van der Waals surface area contributed by atoms with Crippen LogP contribution < -0.4 is 10.1 Å². The van der Waals surface area contributed by atoms with Crippen LogP contribution in [0.1, 0.15) is 11.1 Å². The number of rotatable bonds is 5. The molecule has 1 N–H and O–H groups in total. The number of halogens is 1. The van der Waals surface area contributed by atoms with Crippen molar-refractivity contribution in [1.82, 2.24) is 10.3 Å². The summed E-state index contributed by atoms with van der Waals surface area (Å²) in [4.78, 5) is 4.08. The van der Waals surface area contributed by atoms with Gasteiger partial charge in [-0.05, 0) is 19.2 Å². The first-order valence-electron chi connectivity index (χ1n) is 5.75. The molecule has 1 aromatic carbocycles. The van der Waals surface area contributed by atoms with Crippen molar-refractivity contribution in [3.8, 4) is 5.75 Å². The molecule has 94 valence electrons. The number of hydrogen-bond donors (Lipinski definition) is 1. The summed E-state index contributed by atoms with van der Waals surface area (Å²) < 4.78 is 5.77. The summed E-state index contributed by atoms with van der Waals surface area (Å²) in [5, 5.41) is 3.82. The second-order valence-electron chi connectivity index (χ2n) is 3.89. The zero-order chi connectivity index (χ0) is 12.8. The lowest BCUT2D eigenvalue weighted by atomic mass is 10.2. The van der Waals surface area contributed by atoms with E-state index in [1.807, 2.05) is 37.4 Å². The van der Waals surface area contributed by atoms with Crippen molar-refractivity contribution < 1.29 is 4.74 Å². The highest BCUT2D eigenvalue weighted by atomic mass is 35.5. The van der Waals surface area contributed by atoms with Crippen molar-refractivity contribution in [3.63, 3.8) is 0 Å². The lowest BCUT2D eigenvalue weighted by Gasteiger charge is -2.11. The van der Waals surface area contributed by atoms with Crippen molar-refractivity contribution in [3.05, 3.63) is 58.9 Å². The van der Waals surface area contributed by atoms with E-state index in [4.69, 9.17) is 16.3 Å². The third-order valence-corrected chi connectivity index (χ3v) is 2.95. The van der Waals surface area contributed by atoms with Gasteiger partial charge in [-0.15, -0.1) is 0 Å². The Hall–Kier alpha value is -1.58. The largest absolute Gasteiger partial charge is 0.487 e. The highest BCUT2D eigenvalue weighted by Crippen LogP contribution is 2.20. The molecule has 0 unspecified atom stereocenters. The SMILES string of the molecule is CNCc1ccncc1OCc1ccccc1Cl. The number of pyridine rings is 1. The predicted octanol–water partition coefficient (Wildman–Crippen LogP) is 3.03. The fourth-order valence-corrected chi connectivity index (χ4v) is 1.84. The molecule has 2 rings (SSSR count). The molecule has 0 aliphatic heterocycles. The van der Waals surface area contributed by atoms with Crippen LogP contribution in [0.3, 0.4) is 0 Å². The topological polar surface area (TPSA) is 34.2 Å². The Balaban J connectivity index is 2.08. The summed E-state index contributed by atoms with van der Waals surface area (Å²) in [6.45, 7) is 1.20. The average molecular weight is 263 g/mol. The van der Waals surface area contributed by atoms with E-state index < -0.39 is 0 Å². The molecule has 0 bridgehead atoms. The van der Waals surface area contributed by atoms with Gasteiger partial charge in [-0.3, -0.25) is 4.98 Å². The minimum Gasteiger partial charge on any atom is -0.487 e. The number of benzene rings is 1. The molecule has 18 heavy (non-hydrogen) atoms. The lowest BCUT2D eigenvalue weighted by Crippen LogP contribution is -2.08. The van der Waals surface area contributed by atoms with Gasteiger partial charge in [0.05, 0.1) is 6.20 Å². The minimum absolute atomic E-state index is 0.447. The van der Waals surface area contributed by atoms with Crippen molar-refractivity contribution >= 4 is 11.6 Å². The van der Waals surface area contributed by atoms with Crippen molar-refractivity contribution in [2.75, 3.05) is 7.05 Å². The van der Waals surface area contributed by atoms with E-state index in [0.717, 1.165) is 28.4 Å². The fourth-order valence-electron chi connectivity index (χ4n) is 1.65. The Labute approximate surface area is 112 Å². The Morgan fingerprint density at radius 2 is 2.06 bits per heavy atom. The van der Waals surface area contributed by atoms with E-state index in [0.29, 0.717) is 6.61 Å². The molecule has 0 atom stereocenters. The Kier molecular flexibility index (Phi) is 4.56. The van der Waals surface area contributed by atoms with Crippen LogP contribution in [0.2, 0.25) is 5.02 Å². The highest BCUT2D eigenvalue weighted by Gasteiger charge is 2.04. The monoisotopic (exact) mass is 262 g/mol. The van der Waals surface area contributed by atoms with E-state index in [9.17, 15) is 0 Å². The fraction of sp³-hybridized carbons (Fsp3) is 0.214. The maximum absolute atomic E-state index is 6.08. The van der Waals surface area contributed by atoms with Crippen LogP contribution >= 0.6 is 11.6 Å². The van der Waals surface area contributed by atoms with Crippen LogP contribution in [0.25, 0.3) is 0 Å². The maximum Gasteiger partial charge on any atom is 0.142 e. The zero-order valence-corrected chi connectivity index (χ0v) is 10.9. The molecule has 3 nitrogen and oxygen atoms in total. The zero-order valence-electron chi connectivity index (χ0n) is 10.2. The molecule has 0 saturated heterocycles. The van der Waals surface area contributed by atoms with E-state index >= 15 is 0 Å². The number of ether oxygens (including phenoxy) is 1. The smallest absolute Gasteiger partial charge is 0.142 e. The van der Waals surface area contributed by atoms with E-state index in [2.05, 4.69) is 10.3 Å². The third kappa shape index (κ3) is 3.22. The van der Waals surface area contributed by atoms with Crippen molar-refractivity contribution in [2.24, 2.45) is 0 Å². The number of nitrogens with zero attached hydrogens (tertiary/aromatic N) is 1. The minimum atomic E-state index is 0.447. The van der Waals surface area contributed by atoms with Crippen LogP contribution in [0.5, 0.6) is 5.75 Å². The molecule has 0 aliphatic carbocycles. The van der Waals surface area contributed by atoms with Crippen molar-refractivity contribution in [1.29, 1.82) is 0 Å². The molecule has 0 radical (unpaired) electrons. The summed E-state index contributed by atoms with van der Waals surface area (Å²) in [7, 11) is 1.90. The maximum atomic E-state index is 6.08. The summed E-state index contributed by atoms with van der Waals surface area (Å²) in [6.07, 6.45) is 3.48. The average Bonchev–Trinajstić information content (AvgIpc) is 2.40. The number of nitrogens with one attached hydrogen (secondary N) is 1. The van der Waals surface area contributed by atoms with Crippen LogP contribution in [0.15, 0.2) is 42.7 Å². The van der Waals surface area contributed by atoms with Gasteiger partial charge in [-0.1, -0.05) is 29.8 Å². The molecule has 0 aliphatic rings. The van der Waals surface area contributed by atoms with Crippen LogP contribution in [-0.2, 0) is 13.2 Å². The van der Waals surface area contributed by atoms with E-state index in [1.54, 1.807) is 12.4 Å². The summed E-state index contributed by atoms with van der Waals surface area (Å²) in [6, 6.07) is 9.61. The number of hydrogen-bond acceptors (Lipinski definition) is 3. The molecule has 0 spiro atoms. The van der Waals surface area contributed by atoms with Crippen molar-refractivity contribution in [2.45, 2.75) is 13.2 Å². The summed E-state index contributed by atoms with van der Waals surface area (Å²) in [5.41, 5.74) is 2.05.